The molecule has 6 heteroatoms. The largest absolute Gasteiger partial charge is 0.480 e. The van der Waals surface area contributed by atoms with E-state index in [0.717, 1.165) is 0 Å². The summed E-state index contributed by atoms with van der Waals surface area (Å²) in [6.07, 6.45) is -2.92. The molecule has 0 spiro atoms. The zero-order valence-electron chi connectivity index (χ0n) is 8.20. The lowest BCUT2D eigenvalue weighted by molar-refractivity contribution is -0.142. The van der Waals surface area contributed by atoms with Crippen LogP contribution in [0.5, 0.6) is 0 Å². The Bertz CT molecular complexity index is 378. The summed E-state index contributed by atoms with van der Waals surface area (Å²) in [5, 5.41) is 28.6. The molecule has 1 aromatic rings. The minimum atomic E-state index is -1.58. The quantitative estimate of drug-likeness (QED) is 0.594. The van der Waals surface area contributed by atoms with Crippen molar-refractivity contribution in [1.29, 1.82) is 0 Å². The van der Waals surface area contributed by atoms with Gasteiger partial charge in [-0.2, -0.15) is 0 Å². The van der Waals surface area contributed by atoms with Crippen LogP contribution in [0.3, 0.4) is 0 Å². The van der Waals surface area contributed by atoms with Gasteiger partial charge in [-0.05, 0) is 5.56 Å². The van der Waals surface area contributed by atoms with Crippen molar-refractivity contribution in [3.05, 3.63) is 35.9 Å². The lowest BCUT2D eigenvalue weighted by Crippen LogP contribution is -2.44. The molecule has 1 rings (SSSR count). The monoisotopic (exact) mass is 225 g/mol. The van der Waals surface area contributed by atoms with Gasteiger partial charge in [0, 0.05) is 0 Å². The predicted molar refractivity (Wildman–Crippen MR) is 54.0 cm³/mol. The number of hydrogen-bond acceptors (Lipinski definition) is 3. The van der Waals surface area contributed by atoms with E-state index in [0.29, 0.717) is 5.56 Å². The number of carboxylic acid groups (broad SMARTS) is 2. The van der Waals surface area contributed by atoms with Crippen LogP contribution in [0.25, 0.3) is 0 Å². The van der Waals surface area contributed by atoms with Crippen LogP contribution >= 0.6 is 0 Å². The van der Waals surface area contributed by atoms with Crippen LogP contribution in [-0.2, 0) is 4.79 Å². The van der Waals surface area contributed by atoms with Crippen molar-refractivity contribution in [2.24, 2.45) is 0 Å². The van der Waals surface area contributed by atoms with E-state index in [-0.39, 0.29) is 0 Å². The lowest BCUT2D eigenvalue weighted by atomic mass is 10.0. The van der Waals surface area contributed by atoms with Crippen molar-refractivity contribution in [2.45, 2.75) is 12.1 Å². The van der Waals surface area contributed by atoms with E-state index in [2.05, 4.69) is 0 Å². The van der Waals surface area contributed by atoms with Gasteiger partial charge in [0.15, 0.2) is 6.04 Å². The maximum Gasteiger partial charge on any atom is 0.405 e. The number of rotatable bonds is 4. The molecule has 1 aromatic carbocycles. The van der Waals surface area contributed by atoms with Crippen LogP contribution in [0.4, 0.5) is 4.79 Å². The molecular weight excluding hydrogens is 214 g/mol. The van der Waals surface area contributed by atoms with Gasteiger partial charge in [-0.3, -0.25) is 0 Å². The average molecular weight is 225 g/mol. The molecule has 16 heavy (non-hydrogen) atoms. The fourth-order valence-electron chi connectivity index (χ4n) is 1.25. The first-order valence-electron chi connectivity index (χ1n) is 4.47. The van der Waals surface area contributed by atoms with Crippen molar-refractivity contribution in [1.82, 2.24) is 5.32 Å². The second-order valence-electron chi connectivity index (χ2n) is 3.12. The molecular formula is C10H11NO5. The molecule has 2 atom stereocenters. The lowest BCUT2D eigenvalue weighted by Gasteiger charge is -2.19. The average Bonchev–Trinajstić information content (AvgIpc) is 2.25. The first-order valence-corrected chi connectivity index (χ1v) is 4.47. The van der Waals surface area contributed by atoms with Crippen LogP contribution in [0.15, 0.2) is 30.3 Å². The van der Waals surface area contributed by atoms with Crippen LogP contribution in [0, 0.1) is 0 Å². The Morgan fingerprint density at radius 3 is 2.12 bits per heavy atom. The number of aliphatic carboxylic acids is 1. The fourth-order valence-corrected chi connectivity index (χ4v) is 1.25. The van der Waals surface area contributed by atoms with Gasteiger partial charge in [0.1, 0.15) is 6.10 Å². The summed E-state index contributed by atoms with van der Waals surface area (Å²) < 4.78 is 0. The zero-order valence-corrected chi connectivity index (χ0v) is 8.20. The van der Waals surface area contributed by atoms with E-state index < -0.39 is 24.2 Å². The van der Waals surface area contributed by atoms with Crippen molar-refractivity contribution < 1.29 is 24.9 Å². The maximum absolute atomic E-state index is 10.8. The third-order valence-corrected chi connectivity index (χ3v) is 2.00. The summed E-state index contributed by atoms with van der Waals surface area (Å²) in [7, 11) is 0. The van der Waals surface area contributed by atoms with Crippen molar-refractivity contribution >= 4 is 12.1 Å². The molecule has 0 radical (unpaired) electrons. The Balaban J connectivity index is 2.87. The number of benzene rings is 1. The van der Waals surface area contributed by atoms with Gasteiger partial charge in [0.2, 0.25) is 0 Å². The predicted octanol–water partition coefficient (Wildman–Crippen LogP) is 0.441. The summed E-state index contributed by atoms with van der Waals surface area (Å²) in [5.41, 5.74) is 0.337. The Kier molecular flexibility index (Phi) is 3.84. The van der Waals surface area contributed by atoms with Gasteiger partial charge in [-0.15, -0.1) is 0 Å². The molecule has 4 N–H and O–H groups in total. The number of aliphatic hydroxyl groups is 1. The summed E-state index contributed by atoms with van der Waals surface area (Å²) >= 11 is 0. The first kappa shape index (κ1) is 12.0. The minimum Gasteiger partial charge on any atom is -0.480 e. The van der Waals surface area contributed by atoms with Crippen LogP contribution in [0.1, 0.15) is 11.7 Å². The molecule has 0 saturated heterocycles. The highest BCUT2D eigenvalue weighted by Gasteiger charge is 2.29. The summed E-state index contributed by atoms with van der Waals surface area (Å²) in [5.74, 6) is -1.43. The number of carboxylic acids is 1. The highest BCUT2D eigenvalue weighted by molar-refractivity contribution is 5.80. The van der Waals surface area contributed by atoms with Gasteiger partial charge in [-0.25, -0.2) is 9.59 Å². The number of amides is 1. The Morgan fingerprint density at radius 2 is 1.69 bits per heavy atom. The molecule has 0 aliphatic heterocycles. The fraction of sp³-hybridized carbons (Fsp3) is 0.200. The second-order valence-corrected chi connectivity index (χ2v) is 3.12. The number of aliphatic hydroxyl groups excluding tert-OH is 1. The number of nitrogens with one attached hydrogen (secondary N) is 1. The van der Waals surface area contributed by atoms with Crippen LogP contribution in [0.2, 0.25) is 0 Å². The van der Waals surface area contributed by atoms with Gasteiger partial charge in [0.25, 0.3) is 0 Å². The summed E-state index contributed by atoms with van der Waals surface area (Å²) in [6.45, 7) is 0. The Morgan fingerprint density at radius 1 is 1.12 bits per heavy atom. The highest BCUT2D eigenvalue weighted by Crippen LogP contribution is 2.16. The van der Waals surface area contributed by atoms with Crippen molar-refractivity contribution in [3.8, 4) is 0 Å². The Labute approximate surface area is 91.1 Å². The summed E-state index contributed by atoms with van der Waals surface area (Å²) in [6, 6.07) is 6.40. The number of hydrogen-bond donors (Lipinski definition) is 4. The molecule has 0 saturated carbocycles. The van der Waals surface area contributed by atoms with Crippen molar-refractivity contribution in [2.75, 3.05) is 0 Å². The molecule has 0 fully saturated rings. The molecule has 86 valence electrons. The Hall–Kier alpha value is -2.08. The third kappa shape index (κ3) is 2.96. The van der Waals surface area contributed by atoms with Crippen LogP contribution in [-0.4, -0.2) is 33.4 Å². The van der Waals surface area contributed by atoms with Crippen molar-refractivity contribution in [3.63, 3.8) is 0 Å². The molecule has 0 bridgehead atoms. The smallest absolute Gasteiger partial charge is 0.405 e. The molecule has 0 aliphatic rings. The summed E-state index contributed by atoms with van der Waals surface area (Å²) in [4.78, 5) is 21.1. The molecule has 0 aliphatic carbocycles. The van der Waals surface area contributed by atoms with Gasteiger partial charge in [-0.1, -0.05) is 30.3 Å². The molecule has 0 unspecified atom stereocenters. The van der Waals surface area contributed by atoms with E-state index in [1.807, 2.05) is 0 Å². The topological polar surface area (TPSA) is 107 Å². The number of carbonyl (C=O) groups is 2. The van der Waals surface area contributed by atoms with E-state index in [1.54, 1.807) is 23.5 Å². The standard InChI is InChI=1S/C10H11NO5/c12-8(6-4-2-1-3-5-6)7(9(13)14)11-10(15)16/h1-5,7-8,11-12H,(H,13,14)(H,15,16)/t7-,8+/m1/s1. The highest BCUT2D eigenvalue weighted by atomic mass is 16.4. The minimum absolute atomic E-state index is 0.337. The zero-order chi connectivity index (χ0) is 12.1. The maximum atomic E-state index is 10.8. The second kappa shape index (κ2) is 5.13. The SMILES string of the molecule is O=C(O)N[C@@H](C(=O)O)[C@@H](O)c1ccccc1. The van der Waals surface area contributed by atoms with E-state index in [4.69, 9.17) is 10.2 Å². The van der Waals surface area contributed by atoms with E-state index >= 15 is 0 Å². The molecule has 6 nitrogen and oxygen atoms in total. The van der Waals surface area contributed by atoms with Crippen LogP contribution < -0.4 is 5.32 Å². The molecule has 0 aromatic heterocycles. The van der Waals surface area contributed by atoms with Gasteiger partial charge < -0.3 is 20.6 Å². The normalized spacial score (nSPS) is 13.8. The molecule has 0 heterocycles. The molecule has 1 amide bonds. The van der Waals surface area contributed by atoms with E-state index in [9.17, 15) is 14.7 Å². The van der Waals surface area contributed by atoms with Gasteiger partial charge in [0.05, 0.1) is 0 Å². The first-order chi connectivity index (χ1) is 7.52. The van der Waals surface area contributed by atoms with Gasteiger partial charge >= 0.3 is 12.1 Å². The third-order valence-electron chi connectivity index (χ3n) is 2.00. The van der Waals surface area contributed by atoms with E-state index in [1.165, 1.54) is 12.1 Å².